The fourth-order valence-electron chi connectivity index (χ4n) is 1.81. The number of rotatable bonds is 3. The summed E-state index contributed by atoms with van der Waals surface area (Å²) in [5.74, 6) is -1.33. The zero-order valence-corrected chi connectivity index (χ0v) is 11.0. The van der Waals surface area contributed by atoms with Gasteiger partial charge in [-0.25, -0.2) is 8.78 Å². The van der Waals surface area contributed by atoms with Crippen molar-refractivity contribution in [2.45, 2.75) is 6.54 Å². The largest absolute Gasteiger partial charge is 0.497 e. The monoisotopic (exact) mass is 283 g/mol. The Morgan fingerprint density at radius 2 is 1.79 bits per heavy atom. The van der Waals surface area contributed by atoms with Crippen LogP contribution in [0.2, 0.25) is 5.02 Å². The second kappa shape index (κ2) is 5.55. The van der Waals surface area contributed by atoms with Crippen molar-refractivity contribution in [3.05, 3.63) is 52.6 Å². The fourth-order valence-corrected chi connectivity index (χ4v) is 2.11. The summed E-state index contributed by atoms with van der Waals surface area (Å²) in [6.07, 6.45) is 0. The molecular weight excluding hydrogens is 272 g/mol. The summed E-state index contributed by atoms with van der Waals surface area (Å²) in [4.78, 5) is 0. The van der Waals surface area contributed by atoms with Crippen LogP contribution in [0, 0.1) is 11.6 Å². The minimum Gasteiger partial charge on any atom is -0.497 e. The van der Waals surface area contributed by atoms with Crippen molar-refractivity contribution in [2.75, 3.05) is 7.11 Å². The SMILES string of the molecule is COc1cc(F)c(-c2ccc(CN)cc2Cl)c(F)c1. The second-order valence-electron chi connectivity index (χ2n) is 3.98. The molecule has 2 N–H and O–H groups in total. The highest BCUT2D eigenvalue weighted by Crippen LogP contribution is 2.34. The van der Waals surface area contributed by atoms with E-state index in [0.29, 0.717) is 6.54 Å². The summed E-state index contributed by atoms with van der Waals surface area (Å²) in [6.45, 7) is 0.313. The number of hydrogen-bond donors (Lipinski definition) is 1. The first-order chi connectivity index (χ1) is 9.06. The van der Waals surface area contributed by atoms with E-state index >= 15 is 0 Å². The third-order valence-electron chi connectivity index (χ3n) is 2.79. The van der Waals surface area contributed by atoms with E-state index in [0.717, 1.165) is 17.7 Å². The minimum absolute atomic E-state index is 0.119. The van der Waals surface area contributed by atoms with Gasteiger partial charge < -0.3 is 10.5 Å². The molecule has 0 amide bonds. The van der Waals surface area contributed by atoms with E-state index in [9.17, 15) is 8.78 Å². The molecule has 0 heterocycles. The van der Waals surface area contributed by atoms with E-state index in [2.05, 4.69) is 0 Å². The Hall–Kier alpha value is -1.65. The number of methoxy groups -OCH3 is 1. The molecule has 2 nitrogen and oxygen atoms in total. The molecule has 0 atom stereocenters. The molecule has 0 saturated carbocycles. The first-order valence-corrected chi connectivity index (χ1v) is 5.96. The normalized spacial score (nSPS) is 10.6. The first kappa shape index (κ1) is 13.8. The molecule has 5 heteroatoms. The van der Waals surface area contributed by atoms with Gasteiger partial charge in [-0.05, 0) is 11.6 Å². The zero-order valence-electron chi connectivity index (χ0n) is 10.2. The van der Waals surface area contributed by atoms with Gasteiger partial charge in [0.25, 0.3) is 0 Å². The molecule has 0 bridgehead atoms. The molecule has 19 heavy (non-hydrogen) atoms. The number of ether oxygens (including phenoxy) is 1. The van der Waals surface area contributed by atoms with Crippen molar-refractivity contribution in [3.63, 3.8) is 0 Å². The quantitative estimate of drug-likeness (QED) is 0.931. The third kappa shape index (κ3) is 2.69. The van der Waals surface area contributed by atoms with Gasteiger partial charge >= 0.3 is 0 Å². The van der Waals surface area contributed by atoms with Gasteiger partial charge in [0.1, 0.15) is 17.4 Å². The van der Waals surface area contributed by atoms with E-state index in [1.165, 1.54) is 7.11 Å². The van der Waals surface area contributed by atoms with Crippen LogP contribution in [0.1, 0.15) is 5.56 Å². The van der Waals surface area contributed by atoms with Gasteiger partial charge in [0.15, 0.2) is 0 Å². The van der Waals surface area contributed by atoms with Gasteiger partial charge in [0.2, 0.25) is 0 Å². The van der Waals surface area contributed by atoms with Crippen molar-refractivity contribution in [1.82, 2.24) is 0 Å². The Morgan fingerprint density at radius 3 is 2.26 bits per heavy atom. The van der Waals surface area contributed by atoms with Crippen molar-refractivity contribution < 1.29 is 13.5 Å². The molecule has 0 aromatic heterocycles. The molecule has 2 aromatic carbocycles. The summed E-state index contributed by atoms with van der Waals surface area (Å²) in [6, 6.07) is 7.07. The molecule has 0 aliphatic carbocycles. The molecule has 0 unspecified atom stereocenters. The lowest BCUT2D eigenvalue weighted by Gasteiger charge is -2.10. The molecule has 0 radical (unpaired) electrons. The number of hydrogen-bond acceptors (Lipinski definition) is 2. The van der Waals surface area contributed by atoms with Crippen molar-refractivity contribution in [2.24, 2.45) is 5.73 Å². The van der Waals surface area contributed by atoms with Crippen LogP contribution in [0.3, 0.4) is 0 Å². The Labute approximate surface area is 114 Å². The highest BCUT2D eigenvalue weighted by atomic mass is 35.5. The third-order valence-corrected chi connectivity index (χ3v) is 3.10. The molecule has 2 rings (SSSR count). The Morgan fingerprint density at radius 1 is 1.16 bits per heavy atom. The summed E-state index contributed by atoms with van der Waals surface area (Å²) in [5, 5.41) is 0.255. The maximum atomic E-state index is 13.9. The average molecular weight is 284 g/mol. The van der Waals surface area contributed by atoms with Gasteiger partial charge in [-0.2, -0.15) is 0 Å². The first-order valence-electron chi connectivity index (χ1n) is 5.58. The van der Waals surface area contributed by atoms with Gasteiger partial charge in [0.05, 0.1) is 12.7 Å². The molecule has 0 spiro atoms. The Balaban J connectivity index is 2.59. The van der Waals surface area contributed by atoms with E-state index < -0.39 is 11.6 Å². The van der Waals surface area contributed by atoms with Crippen LogP contribution in [-0.4, -0.2) is 7.11 Å². The lowest BCUT2D eigenvalue weighted by atomic mass is 10.0. The predicted molar refractivity (Wildman–Crippen MR) is 71.2 cm³/mol. The lowest BCUT2D eigenvalue weighted by Crippen LogP contribution is -1.98. The van der Waals surface area contributed by atoms with Crippen LogP contribution < -0.4 is 10.5 Å². The summed E-state index contributed by atoms with van der Waals surface area (Å²) in [5.41, 5.74) is 6.39. The van der Waals surface area contributed by atoms with Crippen LogP contribution in [0.4, 0.5) is 8.78 Å². The smallest absolute Gasteiger partial charge is 0.137 e. The summed E-state index contributed by atoms with van der Waals surface area (Å²) >= 11 is 6.04. The van der Waals surface area contributed by atoms with Gasteiger partial charge in [0, 0.05) is 29.3 Å². The lowest BCUT2D eigenvalue weighted by molar-refractivity contribution is 0.407. The topological polar surface area (TPSA) is 35.2 Å². The van der Waals surface area contributed by atoms with Crippen molar-refractivity contribution in [1.29, 1.82) is 0 Å². The molecular formula is C14H12ClF2NO. The Bertz CT molecular complexity index is 593. The number of nitrogens with two attached hydrogens (primary N) is 1. The average Bonchev–Trinajstić information content (AvgIpc) is 2.39. The highest BCUT2D eigenvalue weighted by Gasteiger charge is 2.16. The van der Waals surface area contributed by atoms with E-state index in [1.54, 1.807) is 18.2 Å². The minimum atomic E-state index is -0.723. The number of halogens is 3. The number of benzene rings is 2. The van der Waals surface area contributed by atoms with Gasteiger partial charge in [-0.1, -0.05) is 23.7 Å². The second-order valence-corrected chi connectivity index (χ2v) is 4.39. The van der Waals surface area contributed by atoms with Gasteiger partial charge in [-0.15, -0.1) is 0 Å². The van der Waals surface area contributed by atoms with Crippen LogP contribution in [0.5, 0.6) is 5.75 Å². The Kier molecular flexibility index (Phi) is 4.02. The fraction of sp³-hybridized carbons (Fsp3) is 0.143. The molecule has 0 saturated heterocycles. The van der Waals surface area contributed by atoms with E-state index in [1.807, 2.05) is 0 Å². The van der Waals surface area contributed by atoms with Crippen molar-refractivity contribution >= 4 is 11.6 Å². The van der Waals surface area contributed by atoms with Crippen LogP contribution >= 0.6 is 11.6 Å². The summed E-state index contributed by atoms with van der Waals surface area (Å²) < 4.78 is 32.7. The van der Waals surface area contributed by atoms with Crippen LogP contribution in [-0.2, 0) is 6.54 Å². The van der Waals surface area contributed by atoms with Gasteiger partial charge in [-0.3, -0.25) is 0 Å². The molecule has 0 fully saturated rings. The zero-order chi connectivity index (χ0) is 14.0. The van der Waals surface area contributed by atoms with Crippen LogP contribution in [0.15, 0.2) is 30.3 Å². The molecule has 100 valence electrons. The van der Waals surface area contributed by atoms with Crippen molar-refractivity contribution in [3.8, 4) is 16.9 Å². The van der Waals surface area contributed by atoms with E-state index in [4.69, 9.17) is 22.1 Å². The maximum Gasteiger partial charge on any atom is 0.137 e. The standard InChI is InChI=1S/C14H12ClF2NO/c1-19-9-5-12(16)14(13(17)6-9)10-3-2-8(7-18)4-11(10)15/h2-6H,7,18H2,1H3. The van der Waals surface area contributed by atoms with Crippen LogP contribution in [0.25, 0.3) is 11.1 Å². The maximum absolute atomic E-state index is 13.9. The highest BCUT2D eigenvalue weighted by molar-refractivity contribution is 6.33. The molecule has 2 aromatic rings. The summed E-state index contributed by atoms with van der Waals surface area (Å²) in [7, 11) is 1.34. The molecule has 0 aliphatic heterocycles. The predicted octanol–water partition coefficient (Wildman–Crippen LogP) is 3.75. The molecule has 0 aliphatic rings. The van der Waals surface area contributed by atoms with E-state index in [-0.39, 0.29) is 21.9 Å².